The fraction of sp³-hybridized carbons (Fsp3) is 0.571. The molecule has 17 heavy (non-hydrogen) atoms. The number of rotatable bonds is 4. The fourth-order valence-electron chi connectivity index (χ4n) is 2.08. The van der Waals surface area contributed by atoms with Crippen molar-refractivity contribution in [2.75, 3.05) is 7.05 Å². The second kappa shape index (κ2) is 5.96. The highest BCUT2D eigenvalue weighted by Crippen LogP contribution is 2.24. The molecule has 96 valence electrons. The van der Waals surface area contributed by atoms with E-state index in [-0.39, 0.29) is 11.2 Å². The summed E-state index contributed by atoms with van der Waals surface area (Å²) in [5.41, 5.74) is 1.26. The molecule has 0 amide bonds. The topological polar surface area (TPSA) is 12.0 Å². The summed E-state index contributed by atoms with van der Waals surface area (Å²) in [4.78, 5) is 0. The van der Waals surface area contributed by atoms with Gasteiger partial charge in [0.1, 0.15) is 5.82 Å². The van der Waals surface area contributed by atoms with Gasteiger partial charge in [0, 0.05) is 10.5 Å². The van der Waals surface area contributed by atoms with Gasteiger partial charge in [-0.1, -0.05) is 36.7 Å². The molecule has 3 heteroatoms. The minimum absolute atomic E-state index is 0.175. The Morgan fingerprint density at radius 3 is 2.41 bits per heavy atom. The van der Waals surface area contributed by atoms with Crippen LogP contribution in [-0.2, 0) is 6.42 Å². The molecule has 1 atom stereocenters. The zero-order valence-corrected chi connectivity index (χ0v) is 12.6. The van der Waals surface area contributed by atoms with Gasteiger partial charge in [-0.2, -0.15) is 0 Å². The van der Waals surface area contributed by atoms with Gasteiger partial charge in [0.05, 0.1) is 0 Å². The van der Waals surface area contributed by atoms with Gasteiger partial charge in [0.15, 0.2) is 0 Å². The van der Waals surface area contributed by atoms with Gasteiger partial charge in [-0.05, 0) is 49.1 Å². The van der Waals surface area contributed by atoms with Crippen molar-refractivity contribution < 1.29 is 4.39 Å². The molecule has 1 aromatic rings. The van der Waals surface area contributed by atoms with E-state index in [1.54, 1.807) is 6.07 Å². The zero-order valence-electron chi connectivity index (χ0n) is 11.0. The molecule has 1 nitrogen and oxygen atoms in total. The van der Waals surface area contributed by atoms with Crippen molar-refractivity contribution in [2.24, 2.45) is 5.41 Å². The van der Waals surface area contributed by atoms with Gasteiger partial charge in [0.25, 0.3) is 0 Å². The van der Waals surface area contributed by atoms with Crippen LogP contribution in [0.15, 0.2) is 22.7 Å². The second-order valence-electron chi connectivity index (χ2n) is 5.52. The van der Waals surface area contributed by atoms with E-state index in [2.05, 4.69) is 42.0 Å². The smallest absolute Gasteiger partial charge is 0.124 e. The van der Waals surface area contributed by atoms with Crippen molar-refractivity contribution >= 4 is 15.9 Å². The van der Waals surface area contributed by atoms with Crippen molar-refractivity contribution in [3.63, 3.8) is 0 Å². The molecule has 0 aromatic heterocycles. The van der Waals surface area contributed by atoms with Gasteiger partial charge in [-0.3, -0.25) is 0 Å². The van der Waals surface area contributed by atoms with Crippen molar-refractivity contribution in [3.8, 4) is 0 Å². The highest BCUT2D eigenvalue weighted by atomic mass is 79.9. The Balaban J connectivity index is 2.66. The van der Waals surface area contributed by atoms with Crippen LogP contribution in [0.2, 0.25) is 0 Å². The summed E-state index contributed by atoms with van der Waals surface area (Å²) in [7, 11) is 1.98. The van der Waals surface area contributed by atoms with Crippen molar-refractivity contribution in [1.29, 1.82) is 0 Å². The molecule has 0 aliphatic heterocycles. The lowest BCUT2D eigenvalue weighted by molar-refractivity contribution is 0.268. The number of hydrogen-bond acceptors (Lipinski definition) is 1. The molecule has 0 aliphatic carbocycles. The van der Waals surface area contributed by atoms with Crippen molar-refractivity contribution in [2.45, 2.75) is 39.7 Å². The number of nitrogens with one attached hydrogen (secondary N) is 1. The first-order chi connectivity index (χ1) is 7.82. The minimum atomic E-state index is -0.175. The molecular formula is C14H21BrFN. The van der Waals surface area contributed by atoms with Crippen LogP contribution in [0.4, 0.5) is 4.39 Å². The van der Waals surface area contributed by atoms with Gasteiger partial charge < -0.3 is 5.32 Å². The maximum atomic E-state index is 13.2. The SMILES string of the molecule is CNC(CCc1cc(F)cc(Br)c1)C(C)(C)C. The molecule has 0 aliphatic rings. The average Bonchev–Trinajstić information content (AvgIpc) is 2.14. The number of halogens is 2. The summed E-state index contributed by atoms with van der Waals surface area (Å²) in [6.45, 7) is 6.65. The normalized spacial score (nSPS) is 13.8. The molecule has 1 rings (SSSR count). The Labute approximate surface area is 112 Å². The Kier molecular flexibility index (Phi) is 5.14. The average molecular weight is 302 g/mol. The summed E-state index contributed by atoms with van der Waals surface area (Å²) in [5.74, 6) is -0.175. The van der Waals surface area contributed by atoms with E-state index in [9.17, 15) is 4.39 Å². The maximum absolute atomic E-state index is 13.2. The molecule has 0 spiro atoms. The van der Waals surface area contributed by atoms with E-state index >= 15 is 0 Å². The number of hydrogen-bond donors (Lipinski definition) is 1. The Morgan fingerprint density at radius 2 is 1.94 bits per heavy atom. The summed E-state index contributed by atoms with van der Waals surface area (Å²) in [6.07, 6.45) is 1.90. The van der Waals surface area contributed by atoms with Crippen LogP contribution < -0.4 is 5.32 Å². The lowest BCUT2D eigenvalue weighted by Crippen LogP contribution is -2.38. The predicted octanol–water partition coefficient (Wildman–Crippen LogP) is 4.15. The van der Waals surface area contributed by atoms with Crippen LogP contribution in [-0.4, -0.2) is 13.1 Å². The van der Waals surface area contributed by atoms with Crippen LogP contribution in [0, 0.1) is 11.2 Å². The van der Waals surface area contributed by atoms with E-state index in [0.29, 0.717) is 6.04 Å². The first-order valence-corrected chi connectivity index (χ1v) is 6.74. The van der Waals surface area contributed by atoms with Gasteiger partial charge >= 0.3 is 0 Å². The number of benzene rings is 1. The quantitative estimate of drug-likeness (QED) is 0.881. The van der Waals surface area contributed by atoms with Crippen LogP contribution in [0.3, 0.4) is 0 Å². The van der Waals surface area contributed by atoms with E-state index in [0.717, 1.165) is 22.9 Å². The van der Waals surface area contributed by atoms with Gasteiger partial charge in [-0.25, -0.2) is 4.39 Å². The Bertz CT molecular complexity index is 351. The summed E-state index contributed by atoms with van der Waals surface area (Å²) in [5, 5.41) is 3.34. The molecule has 1 N–H and O–H groups in total. The van der Waals surface area contributed by atoms with Crippen LogP contribution in [0.25, 0.3) is 0 Å². The molecule has 0 saturated carbocycles. The van der Waals surface area contributed by atoms with Gasteiger partial charge in [0.2, 0.25) is 0 Å². The molecular weight excluding hydrogens is 281 g/mol. The maximum Gasteiger partial charge on any atom is 0.124 e. The van der Waals surface area contributed by atoms with Crippen LogP contribution >= 0.6 is 15.9 Å². The van der Waals surface area contributed by atoms with Gasteiger partial charge in [-0.15, -0.1) is 0 Å². The highest BCUT2D eigenvalue weighted by molar-refractivity contribution is 9.10. The summed E-state index contributed by atoms with van der Waals surface area (Å²) < 4.78 is 14.0. The molecule has 1 aromatic carbocycles. The van der Waals surface area contributed by atoms with E-state index in [1.165, 1.54) is 6.07 Å². The molecule has 0 heterocycles. The lowest BCUT2D eigenvalue weighted by Gasteiger charge is -2.30. The first kappa shape index (κ1) is 14.7. The molecule has 0 saturated heterocycles. The van der Waals surface area contributed by atoms with E-state index in [1.807, 2.05) is 13.1 Å². The van der Waals surface area contributed by atoms with Crippen molar-refractivity contribution in [3.05, 3.63) is 34.1 Å². The standard InChI is InChI=1S/C14H21BrFN/c1-14(2,3)13(17-4)6-5-10-7-11(15)9-12(16)8-10/h7-9,13,17H,5-6H2,1-4H3. The monoisotopic (exact) mass is 301 g/mol. The summed E-state index contributed by atoms with van der Waals surface area (Å²) >= 11 is 3.32. The zero-order chi connectivity index (χ0) is 13.1. The van der Waals surface area contributed by atoms with Crippen molar-refractivity contribution in [1.82, 2.24) is 5.32 Å². The summed E-state index contributed by atoms with van der Waals surface area (Å²) in [6, 6.07) is 5.52. The van der Waals surface area contributed by atoms with E-state index in [4.69, 9.17) is 0 Å². The van der Waals surface area contributed by atoms with Crippen LogP contribution in [0.1, 0.15) is 32.8 Å². The molecule has 0 bridgehead atoms. The fourth-order valence-corrected chi connectivity index (χ4v) is 2.59. The predicted molar refractivity (Wildman–Crippen MR) is 74.7 cm³/mol. The van der Waals surface area contributed by atoms with E-state index < -0.39 is 0 Å². The molecule has 0 fully saturated rings. The lowest BCUT2D eigenvalue weighted by atomic mass is 9.83. The largest absolute Gasteiger partial charge is 0.316 e. The minimum Gasteiger partial charge on any atom is -0.316 e. The molecule has 0 radical (unpaired) electrons. The number of aryl methyl sites for hydroxylation is 1. The Hall–Kier alpha value is -0.410. The Morgan fingerprint density at radius 1 is 1.29 bits per heavy atom. The third-order valence-electron chi connectivity index (χ3n) is 3.04. The first-order valence-electron chi connectivity index (χ1n) is 5.95. The highest BCUT2D eigenvalue weighted by Gasteiger charge is 2.22. The third kappa shape index (κ3) is 4.76. The second-order valence-corrected chi connectivity index (χ2v) is 6.44. The third-order valence-corrected chi connectivity index (χ3v) is 3.50. The molecule has 1 unspecified atom stereocenters. The van der Waals surface area contributed by atoms with Crippen LogP contribution in [0.5, 0.6) is 0 Å².